The Hall–Kier alpha value is -1.30. The minimum atomic E-state index is -0.117. The molecule has 2 aliphatic rings. The monoisotopic (exact) mass is 399 g/mol. The van der Waals surface area contributed by atoms with Gasteiger partial charge < -0.3 is 15.5 Å². The van der Waals surface area contributed by atoms with Crippen LogP contribution in [0.15, 0.2) is 18.2 Å². The summed E-state index contributed by atoms with van der Waals surface area (Å²) in [5, 5.41) is 6.71. The van der Waals surface area contributed by atoms with Gasteiger partial charge in [-0.15, -0.1) is 12.4 Å². The molecule has 0 spiro atoms. The van der Waals surface area contributed by atoms with Gasteiger partial charge in [-0.1, -0.05) is 25.4 Å². The second-order valence-electron chi connectivity index (χ2n) is 7.39. The van der Waals surface area contributed by atoms with E-state index < -0.39 is 0 Å². The molecule has 1 aromatic carbocycles. The van der Waals surface area contributed by atoms with Gasteiger partial charge in [0.15, 0.2) is 0 Å². The third kappa shape index (κ3) is 4.70. The lowest BCUT2D eigenvalue weighted by Gasteiger charge is -2.22. The molecule has 3 rings (SSSR count). The van der Waals surface area contributed by atoms with Gasteiger partial charge >= 0.3 is 0 Å². The van der Waals surface area contributed by atoms with Crippen LogP contribution in [0.4, 0.5) is 5.69 Å². The van der Waals surface area contributed by atoms with Crippen molar-refractivity contribution in [2.45, 2.75) is 26.7 Å². The Bertz CT molecular complexity index is 652. The molecule has 144 valence electrons. The summed E-state index contributed by atoms with van der Waals surface area (Å²) in [5.41, 5.74) is 1.08. The standard InChI is InChI=1S/C19H26ClN3O2.ClH/c1-12(2)18(24)22-15-3-4-17(20)16(9-15)19(25)23-7-5-13-10-21-11-14(13)6-8-23;/h3-4,9,12-14,21H,5-8,10-11H2,1-2H3,(H,22,24);1H/t13-,14+;. The lowest BCUT2D eigenvalue weighted by atomic mass is 9.92. The molecule has 5 nitrogen and oxygen atoms in total. The molecule has 2 fully saturated rings. The summed E-state index contributed by atoms with van der Waals surface area (Å²) >= 11 is 6.28. The zero-order valence-electron chi connectivity index (χ0n) is 15.3. The lowest BCUT2D eigenvalue weighted by Crippen LogP contribution is -2.33. The Kier molecular flexibility index (Phi) is 7.33. The van der Waals surface area contributed by atoms with Gasteiger partial charge in [-0.05, 0) is 56.0 Å². The van der Waals surface area contributed by atoms with Crippen LogP contribution in [-0.4, -0.2) is 42.9 Å². The maximum Gasteiger partial charge on any atom is 0.255 e. The molecule has 0 radical (unpaired) electrons. The van der Waals surface area contributed by atoms with Crippen LogP contribution in [0.3, 0.4) is 0 Å². The number of likely N-dealkylation sites (tertiary alicyclic amines) is 1. The topological polar surface area (TPSA) is 61.4 Å². The fourth-order valence-corrected chi connectivity index (χ4v) is 3.84. The summed E-state index contributed by atoms with van der Waals surface area (Å²) in [6, 6.07) is 5.11. The molecule has 26 heavy (non-hydrogen) atoms. The highest BCUT2D eigenvalue weighted by molar-refractivity contribution is 6.34. The van der Waals surface area contributed by atoms with E-state index in [1.807, 2.05) is 18.7 Å². The third-order valence-electron chi connectivity index (χ3n) is 5.30. The van der Waals surface area contributed by atoms with Crippen LogP contribution >= 0.6 is 24.0 Å². The maximum atomic E-state index is 13.0. The minimum Gasteiger partial charge on any atom is -0.339 e. The highest BCUT2D eigenvalue weighted by Gasteiger charge is 2.32. The summed E-state index contributed by atoms with van der Waals surface area (Å²) in [6.45, 7) is 7.32. The Labute approximate surface area is 166 Å². The molecule has 2 amide bonds. The molecular weight excluding hydrogens is 373 g/mol. The van der Waals surface area contributed by atoms with E-state index in [2.05, 4.69) is 10.6 Å². The van der Waals surface area contributed by atoms with Crippen LogP contribution in [-0.2, 0) is 4.79 Å². The first-order chi connectivity index (χ1) is 12.0. The number of halogens is 2. The molecule has 0 bridgehead atoms. The summed E-state index contributed by atoms with van der Waals surface area (Å²) in [5.74, 6) is 1.11. The number of fused-ring (bicyclic) bond motifs is 1. The number of hydrogen-bond acceptors (Lipinski definition) is 3. The zero-order chi connectivity index (χ0) is 18.0. The van der Waals surface area contributed by atoms with Crippen molar-refractivity contribution in [2.24, 2.45) is 17.8 Å². The number of anilines is 1. The Morgan fingerprint density at radius 2 is 1.81 bits per heavy atom. The molecule has 1 aromatic rings. The first-order valence-corrected chi connectivity index (χ1v) is 9.44. The first kappa shape index (κ1) is 21.0. The third-order valence-corrected chi connectivity index (χ3v) is 5.62. The number of rotatable bonds is 3. The van der Waals surface area contributed by atoms with Crippen molar-refractivity contribution in [3.8, 4) is 0 Å². The molecule has 0 unspecified atom stereocenters. The summed E-state index contributed by atoms with van der Waals surface area (Å²) < 4.78 is 0. The van der Waals surface area contributed by atoms with Gasteiger partial charge in [-0.25, -0.2) is 0 Å². The SMILES string of the molecule is CC(C)C(=O)Nc1ccc(Cl)c(C(=O)N2CC[C@@H]3CNC[C@@H]3CC2)c1.Cl. The number of hydrogen-bond donors (Lipinski definition) is 2. The van der Waals surface area contributed by atoms with E-state index in [1.165, 1.54) is 0 Å². The number of carbonyl (C=O) groups excluding carboxylic acids is 2. The van der Waals surface area contributed by atoms with Crippen molar-refractivity contribution < 1.29 is 9.59 Å². The highest BCUT2D eigenvalue weighted by atomic mass is 35.5. The van der Waals surface area contributed by atoms with Crippen molar-refractivity contribution in [3.63, 3.8) is 0 Å². The lowest BCUT2D eigenvalue weighted by molar-refractivity contribution is -0.118. The van der Waals surface area contributed by atoms with Gasteiger partial charge in [0.1, 0.15) is 0 Å². The molecule has 2 atom stereocenters. The van der Waals surface area contributed by atoms with E-state index >= 15 is 0 Å². The van der Waals surface area contributed by atoms with E-state index in [0.717, 1.165) is 39.0 Å². The van der Waals surface area contributed by atoms with Gasteiger partial charge in [0, 0.05) is 24.7 Å². The smallest absolute Gasteiger partial charge is 0.255 e. The first-order valence-electron chi connectivity index (χ1n) is 9.06. The summed E-state index contributed by atoms with van der Waals surface area (Å²) in [7, 11) is 0. The van der Waals surface area contributed by atoms with Gasteiger partial charge in [0.05, 0.1) is 10.6 Å². The van der Waals surface area contributed by atoms with Gasteiger partial charge in [0.25, 0.3) is 5.91 Å². The van der Waals surface area contributed by atoms with Gasteiger partial charge in [-0.2, -0.15) is 0 Å². The number of nitrogens with one attached hydrogen (secondary N) is 2. The van der Waals surface area contributed by atoms with Crippen LogP contribution in [0.5, 0.6) is 0 Å². The average Bonchev–Trinajstić information content (AvgIpc) is 2.94. The predicted octanol–water partition coefficient (Wildman–Crippen LogP) is 3.43. The van der Waals surface area contributed by atoms with E-state index in [0.29, 0.717) is 28.1 Å². The van der Waals surface area contributed by atoms with Crippen molar-refractivity contribution in [1.29, 1.82) is 0 Å². The average molecular weight is 400 g/mol. The van der Waals surface area contributed by atoms with Crippen molar-refractivity contribution >= 4 is 41.5 Å². The molecule has 2 heterocycles. The number of nitrogens with zero attached hydrogens (tertiary/aromatic N) is 1. The molecule has 2 aliphatic heterocycles. The van der Waals surface area contributed by atoms with Crippen LogP contribution in [0.25, 0.3) is 0 Å². The van der Waals surface area contributed by atoms with E-state index in [1.54, 1.807) is 18.2 Å². The summed E-state index contributed by atoms with van der Waals surface area (Å²) in [6.07, 6.45) is 2.07. The normalized spacial score (nSPS) is 22.4. The highest BCUT2D eigenvalue weighted by Crippen LogP contribution is 2.29. The van der Waals surface area contributed by atoms with E-state index in [9.17, 15) is 9.59 Å². The molecule has 2 N–H and O–H groups in total. The van der Waals surface area contributed by atoms with Crippen LogP contribution in [0.2, 0.25) is 5.02 Å². The van der Waals surface area contributed by atoms with Crippen molar-refractivity contribution in [2.75, 3.05) is 31.5 Å². The van der Waals surface area contributed by atoms with Crippen molar-refractivity contribution in [1.82, 2.24) is 10.2 Å². The van der Waals surface area contributed by atoms with E-state index in [-0.39, 0.29) is 30.1 Å². The van der Waals surface area contributed by atoms with Gasteiger partial charge in [-0.3, -0.25) is 9.59 Å². The zero-order valence-corrected chi connectivity index (χ0v) is 16.8. The summed E-state index contributed by atoms with van der Waals surface area (Å²) in [4.78, 5) is 26.8. The fourth-order valence-electron chi connectivity index (χ4n) is 3.65. The quantitative estimate of drug-likeness (QED) is 0.817. The molecule has 2 saturated heterocycles. The Morgan fingerprint density at radius 1 is 1.19 bits per heavy atom. The van der Waals surface area contributed by atoms with Crippen molar-refractivity contribution in [3.05, 3.63) is 28.8 Å². The Balaban J connectivity index is 0.00000243. The number of carbonyl (C=O) groups is 2. The maximum absolute atomic E-state index is 13.0. The second-order valence-corrected chi connectivity index (χ2v) is 7.79. The van der Waals surface area contributed by atoms with Crippen LogP contribution < -0.4 is 10.6 Å². The number of benzene rings is 1. The second kappa shape index (κ2) is 9.07. The molecule has 0 aliphatic carbocycles. The minimum absolute atomic E-state index is 0. The fraction of sp³-hybridized carbons (Fsp3) is 0.579. The Morgan fingerprint density at radius 3 is 2.38 bits per heavy atom. The number of amides is 2. The van der Waals surface area contributed by atoms with Gasteiger partial charge in [0.2, 0.25) is 5.91 Å². The van der Waals surface area contributed by atoms with Crippen LogP contribution in [0, 0.1) is 17.8 Å². The largest absolute Gasteiger partial charge is 0.339 e. The molecule has 0 saturated carbocycles. The molecule has 0 aromatic heterocycles. The van der Waals surface area contributed by atoms with Crippen LogP contribution in [0.1, 0.15) is 37.0 Å². The predicted molar refractivity (Wildman–Crippen MR) is 107 cm³/mol. The molecular formula is C19H27Cl2N3O2. The molecule has 7 heteroatoms. The van der Waals surface area contributed by atoms with E-state index in [4.69, 9.17) is 11.6 Å².